The molecule has 0 aliphatic carbocycles. The zero-order valence-electron chi connectivity index (χ0n) is 18.0. The Morgan fingerprint density at radius 3 is 2.33 bits per heavy atom. The van der Waals surface area contributed by atoms with Gasteiger partial charge in [-0.25, -0.2) is 12.8 Å². The predicted octanol–water partition coefficient (Wildman–Crippen LogP) is 4.18. The molecule has 0 heterocycles. The van der Waals surface area contributed by atoms with Crippen LogP contribution in [0.2, 0.25) is 0 Å². The molecule has 0 aliphatic heterocycles. The summed E-state index contributed by atoms with van der Waals surface area (Å²) in [4.78, 5) is 23.3. The highest BCUT2D eigenvalue weighted by molar-refractivity contribution is 7.89. The van der Waals surface area contributed by atoms with Gasteiger partial charge in [-0.05, 0) is 38.1 Å². The molecule has 8 nitrogen and oxygen atoms in total. The van der Waals surface area contributed by atoms with Gasteiger partial charge in [0.25, 0.3) is 5.69 Å². The highest BCUT2D eigenvalue weighted by Crippen LogP contribution is 2.25. The summed E-state index contributed by atoms with van der Waals surface area (Å²) in [6.45, 7) is 2.30. The zero-order chi connectivity index (χ0) is 24.2. The number of nitrogens with one attached hydrogen (secondary N) is 1. The van der Waals surface area contributed by atoms with Crippen molar-refractivity contribution >= 4 is 27.3 Å². The van der Waals surface area contributed by atoms with E-state index in [1.807, 2.05) is 6.92 Å². The Kier molecular flexibility index (Phi) is 7.19. The first-order valence-electron chi connectivity index (χ1n) is 9.93. The summed E-state index contributed by atoms with van der Waals surface area (Å²) in [7, 11) is -4.15. The van der Waals surface area contributed by atoms with E-state index in [4.69, 9.17) is 0 Å². The number of benzene rings is 3. The molecular formula is C23H22FN3O5S. The quantitative estimate of drug-likeness (QED) is 0.392. The molecule has 10 heteroatoms. The van der Waals surface area contributed by atoms with Crippen LogP contribution in [0.25, 0.3) is 0 Å². The van der Waals surface area contributed by atoms with E-state index in [1.165, 1.54) is 55.5 Å². The minimum Gasteiger partial charge on any atom is -0.324 e. The number of anilines is 1. The van der Waals surface area contributed by atoms with Crippen molar-refractivity contribution in [1.82, 2.24) is 4.31 Å². The van der Waals surface area contributed by atoms with E-state index in [1.54, 1.807) is 18.2 Å². The second kappa shape index (κ2) is 9.88. The molecule has 0 radical (unpaired) electrons. The van der Waals surface area contributed by atoms with Gasteiger partial charge in [-0.3, -0.25) is 14.9 Å². The van der Waals surface area contributed by atoms with Gasteiger partial charge < -0.3 is 5.32 Å². The molecule has 33 heavy (non-hydrogen) atoms. The third-order valence-corrected chi connectivity index (χ3v) is 6.87. The van der Waals surface area contributed by atoms with Crippen molar-refractivity contribution in [3.63, 3.8) is 0 Å². The summed E-state index contributed by atoms with van der Waals surface area (Å²) in [6, 6.07) is 16.0. The highest BCUT2D eigenvalue weighted by Gasteiger charge is 2.28. The highest BCUT2D eigenvalue weighted by atomic mass is 32.2. The Labute approximate surface area is 190 Å². The number of sulfonamides is 1. The van der Waals surface area contributed by atoms with Crippen molar-refractivity contribution in [3.05, 3.63) is 99.4 Å². The molecule has 0 spiro atoms. The van der Waals surface area contributed by atoms with Crippen LogP contribution in [0.5, 0.6) is 0 Å². The van der Waals surface area contributed by atoms with Gasteiger partial charge >= 0.3 is 0 Å². The monoisotopic (exact) mass is 471 g/mol. The van der Waals surface area contributed by atoms with E-state index < -0.39 is 33.2 Å². The van der Waals surface area contributed by atoms with Crippen LogP contribution in [-0.4, -0.2) is 30.1 Å². The molecule has 0 aromatic heterocycles. The van der Waals surface area contributed by atoms with Gasteiger partial charge in [0.15, 0.2) is 0 Å². The third kappa shape index (κ3) is 5.60. The maximum atomic E-state index is 14.3. The fourth-order valence-corrected chi connectivity index (χ4v) is 4.58. The Morgan fingerprint density at radius 1 is 1.03 bits per heavy atom. The number of hydrogen-bond acceptors (Lipinski definition) is 5. The molecule has 3 rings (SSSR count). The van der Waals surface area contributed by atoms with Crippen molar-refractivity contribution in [3.8, 4) is 0 Å². The number of halogens is 1. The molecule has 1 N–H and O–H groups in total. The molecule has 0 atom stereocenters. The summed E-state index contributed by atoms with van der Waals surface area (Å²) in [6.07, 6.45) is 0. The van der Waals surface area contributed by atoms with Gasteiger partial charge in [0, 0.05) is 18.2 Å². The van der Waals surface area contributed by atoms with E-state index in [2.05, 4.69) is 5.32 Å². The van der Waals surface area contributed by atoms with E-state index in [9.17, 15) is 27.7 Å². The van der Waals surface area contributed by atoms with E-state index in [-0.39, 0.29) is 33.9 Å². The Balaban J connectivity index is 1.92. The molecule has 0 bridgehead atoms. The summed E-state index contributed by atoms with van der Waals surface area (Å²) in [5.74, 6) is -1.32. The molecule has 0 saturated heterocycles. The van der Waals surface area contributed by atoms with Crippen LogP contribution >= 0.6 is 0 Å². The van der Waals surface area contributed by atoms with Crippen LogP contribution in [0, 0.1) is 29.8 Å². The number of carbonyl (C=O) groups excluding carboxylic acids is 1. The minimum atomic E-state index is -4.15. The lowest BCUT2D eigenvalue weighted by molar-refractivity contribution is -0.385. The lowest BCUT2D eigenvalue weighted by Crippen LogP contribution is -2.38. The number of amides is 1. The lowest BCUT2D eigenvalue weighted by atomic mass is 10.1. The van der Waals surface area contributed by atoms with Gasteiger partial charge in [0.05, 0.1) is 27.6 Å². The lowest BCUT2D eigenvalue weighted by Gasteiger charge is -2.22. The molecular weight excluding hydrogens is 449 g/mol. The SMILES string of the molecule is Cc1ccc(S(=O)(=O)N(CC(=O)Nc2cccc([N+](=O)[O-])c2C)Cc2ccccc2F)cc1. The molecule has 0 unspecified atom stereocenters. The number of hydrogen-bond donors (Lipinski definition) is 1. The average molecular weight is 472 g/mol. The predicted molar refractivity (Wildman–Crippen MR) is 122 cm³/mol. The Bertz CT molecular complexity index is 1290. The van der Waals surface area contributed by atoms with Crippen molar-refractivity contribution in [2.24, 2.45) is 0 Å². The van der Waals surface area contributed by atoms with Gasteiger partial charge in [0.2, 0.25) is 15.9 Å². The van der Waals surface area contributed by atoms with Crippen LogP contribution in [-0.2, 0) is 21.4 Å². The first-order valence-corrected chi connectivity index (χ1v) is 11.4. The van der Waals surface area contributed by atoms with Crippen LogP contribution in [0.4, 0.5) is 15.8 Å². The van der Waals surface area contributed by atoms with E-state index in [0.717, 1.165) is 9.87 Å². The van der Waals surface area contributed by atoms with E-state index >= 15 is 0 Å². The maximum Gasteiger partial charge on any atom is 0.274 e. The second-order valence-electron chi connectivity index (χ2n) is 7.43. The standard InChI is InChI=1S/C23H22FN3O5S/c1-16-10-12-19(13-11-16)33(31,32)26(14-18-6-3-4-7-20(18)24)15-23(28)25-21-8-5-9-22(17(21)2)27(29)30/h3-13H,14-15H2,1-2H3,(H,25,28). The van der Waals surface area contributed by atoms with Gasteiger partial charge in [0.1, 0.15) is 5.82 Å². The van der Waals surface area contributed by atoms with Gasteiger partial charge in [-0.1, -0.05) is 42.0 Å². The van der Waals surface area contributed by atoms with Crippen LogP contribution < -0.4 is 5.32 Å². The van der Waals surface area contributed by atoms with Gasteiger partial charge in [-0.15, -0.1) is 0 Å². The molecule has 0 aliphatic rings. The summed E-state index contributed by atoms with van der Waals surface area (Å²) in [5, 5.41) is 13.7. The van der Waals surface area contributed by atoms with Crippen molar-refractivity contribution in [2.75, 3.05) is 11.9 Å². The molecule has 3 aromatic rings. The van der Waals surface area contributed by atoms with Crippen molar-refractivity contribution in [1.29, 1.82) is 0 Å². The first-order chi connectivity index (χ1) is 15.6. The number of nitro benzene ring substituents is 1. The van der Waals surface area contributed by atoms with Crippen LogP contribution in [0.15, 0.2) is 71.6 Å². The van der Waals surface area contributed by atoms with E-state index in [0.29, 0.717) is 0 Å². The molecule has 172 valence electrons. The number of rotatable bonds is 8. The minimum absolute atomic E-state index is 0.0382. The fourth-order valence-electron chi connectivity index (χ4n) is 3.21. The molecule has 0 saturated carbocycles. The van der Waals surface area contributed by atoms with Crippen LogP contribution in [0.1, 0.15) is 16.7 Å². The van der Waals surface area contributed by atoms with Crippen molar-refractivity contribution < 1.29 is 22.5 Å². The number of aryl methyl sites for hydroxylation is 1. The maximum absolute atomic E-state index is 14.3. The summed E-state index contributed by atoms with van der Waals surface area (Å²) < 4.78 is 41.7. The number of carbonyl (C=O) groups is 1. The Hall–Kier alpha value is -3.63. The third-order valence-electron chi connectivity index (χ3n) is 5.06. The number of nitro groups is 1. The number of nitrogens with zero attached hydrogens (tertiary/aromatic N) is 2. The zero-order valence-corrected chi connectivity index (χ0v) is 18.8. The summed E-state index contributed by atoms with van der Waals surface area (Å²) in [5.41, 5.74) is 1.20. The smallest absolute Gasteiger partial charge is 0.274 e. The average Bonchev–Trinajstić information content (AvgIpc) is 2.76. The molecule has 0 fully saturated rings. The summed E-state index contributed by atoms with van der Waals surface area (Å²) >= 11 is 0. The topological polar surface area (TPSA) is 110 Å². The fraction of sp³-hybridized carbons (Fsp3) is 0.174. The normalized spacial score (nSPS) is 11.4. The van der Waals surface area contributed by atoms with Gasteiger partial charge in [-0.2, -0.15) is 4.31 Å². The molecule has 1 amide bonds. The molecule has 3 aromatic carbocycles. The van der Waals surface area contributed by atoms with Crippen molar-refractivity contribution in [2.45, 2.75) is 25.3 Å². The largest absolute Gasteiger partial charge is 0.324 e. The first kappa shape index (κ1) is 24.0. The van der Waals surface area contributed by atoms with Crippen LogP contribution in [0.3, 0.4) is 0 Å². The Morgan fingerprint density at radius 2 is 1.70 bits per heavy atom. The second-order valence-corrected chi connectivity index (χ2v) is 9.37.